The van der Waals surface area contributed by atoms with Crippen LogP contribution in [-0.2, 0) is 24.1 Å². The van der Waals surface area contributed by atoms with Gasteiger partial charge in [-0.15, -0.1) is 0 Å². The van der Waals surface area contributed by atoms with Gasteiger partial charge in [0.05, 0.1) is 6.61 Å². The summed E-state index contributed by atoms with van der Waals surface area (Å²) in [5, 5.41) is 31.0. The molecule has 112 valence electrons. The van der Waals surface area contributed by atoms with Crippen LogP contribution in [0.2, 0.25) is 0 Å². The van der Waals surface area contributed by atoms with E-state index in [4.69, 9.17) is 9.29 Å². The van der Waals surface area contributed by atoms with Crippen molar-refractivity contribution in [2.75, 3.05) is 6.61 Å². The molecule has 1 rings (SSSR count). The minimum absolute atomic E-state index is 0.563. The lowest BCUT2D eigenvalue weighted by molar-refractivity contribution is -0.252. The van der Waals surface area contributed by atoms with Crippen LogP contribution in [0.25, 0.3) is 0 Å². The zero-order valence-electron chi connectivity index (χ0n) is 9.83. The lowest BCUT2D eigenvalue weighted by Gasteiger charge is -2.40. The number of nitrogens with one attached hydrogen (secondary N) is 1. The van der Waals surface area contributed by atoms with Gasteiger partial charge in [-0.1, -0.05) is 0 Å². The topological polar surface area (TPSA) is 163 Å². The molecule has 1 aliphatic heterocycles. The molecule has 0 unspecified atom stereocenters. The number of ether oxygens (including phenoxy) is 1. The zero-order valence-corrected chi connectivity index (χ0v) is 10.6. The summed E-state index contributed by atoms with van der Waals surface area (Å²) in [5.74, 6) is -0.563. The van der Waals surface area contributed by atoms with E-state index < -0.39 is 53.6 Å². The van der Waals surface area contributed by atoms with Crippen molar-refractivity contribution in [3.8, 4) is 0 Å². The summed E-state index contributed by atoms with van der Waals surface area (Å²) in [4.78, 5) is 10.8. The van der Waals surface area contributed by atoms with Crippen molar-refractivity contribution in [3.05, 3.63) is 0 Å². The van der Waals surface area contributed by atoms with Gasteiger partial charge in [0.15, 0.2) is 6.29 Å². The highest BCUT2D eigenvalue weighted by Gasteiger charge is 2.44. The lowest BCUT2D eigenvalue weighted by atomic mass is 9.97. The number of rotatable bonds is 4. The molecule has 0 aromatic heterocycles. The average Bonchev–Trinajstić information content (AvgIpc) is 2.26. The lowest BCUT2D eigenvalue weighted by Crippen LogP contribution is -2.64. The maximum atomic E-state index is 10.8. The number of carbonyl (C=O) groups is 1. The second kappa shape index (κ2) is 6.09. The summed E-state index contributed by atoms with van der Waals surface area (Å²) in [6.07, 6.45) is -6.28. The number of aliphatic hydroxyl groups excluding tert-OH is 3. The highest BCUT2D eigenvalue weighted by Crippen LogP contribution is 2.20. The number of amides is 1. The van der Waals surface area contributed by atoms with Gasteiger partial charge in [-0.2, -0.15) is 8.42 Å². The molecule has 0 aromatic rings. The first-order chi connectivity index (χ1) is 8.61. The first-order valence-electron chi connectivity index (χ1n) is 5.20. The average molecular weight is 301 g/mol. The van der Waals surface area contributed by atoms with Crippen LogP contribution in [0.15, 0.2) is 0 Å². The van der Waals surface area contributed by atoms with Crippen LogP contribution >= 0.6 is 0 Å². The van der Waals surface area contributed by atoms with Crippen LogP contribution in [0.5, 0.6) is 0 Å². The molecule has 0 aromatic carbocycles. The Hall–Kier alpha value is -0.820. The van der Waals surface area contributed by atoms with E-state index in [2.05, 4.69) is 9.50 Å². The van der Waals surface area contributed by atoms with Gasteiger partial charge in [0, 0.05) is 6.92 Å². The molecule has 0 bridgehead atoms. The fraction of sp³-hybridized carbons (Fsp3) is 0.875. The third-order valence-corrected chi connectivity index (χ3v) is 2.91. The Labute approximate surface area is 108 Å². The van der Waals surface area contributed by atoms with Crippen LogP contribution in [-0.4, -0.2) is 71.4 Å². The van der Waals surface area contributed by atoms with Crippen LogP contribution in [0.3, 0.4) is 0 Å². The molecular weight excluding hydrogens is 286 g/mol. The number of aliphatic hydroxyl groups is 3. The molecule has 11 heteroatoms. The molecule has 0 spiro atoms. The fourth-order valence-electron chi connectivity index (χ4n) is 1.63. The summed E-state index contributed by atoms with van der Waals surface area (Å²) in [6.45, 7) is 0.334. The molecule has 1 aliphatic rings. The predicted molar refractivity (Wildman–Crippen MR) is 58.0 cm³/mol. The minimum Gasteiger partial charge on any atom is -0.388 e. The van der Waals surface area contributed by atoms with Crippen molar-refractivity contribution >= 4 is 16.3 Å². The Morgan fingerprint density at radius 3 is 2.37 bits per heavy atom. The quantitative estimate of drug-likeness (QED) is 0.335. The van der Waals surface area contributed by atoms with Crippen molar-refractivity contribution in [3.63, 3.8) is 0 Å². The normalized spacial score (nSPS) is 35.9. The summed E-state index contributed by atoms with van der Waals surface area (Å²) in [7, 11) is -4.74. The summed E-state index contributed by atoms with van der Waals surface area (Å²) in [5.41, 5.74) is 0. The molecule has 1 amide bonds. The van der Waals surface area contributed by atoms with Crippen molar-refractivity contribution in [1.29, 1.82) is 0 Å². The van der Waals surface area contributed by atoms with Crippen molar-refractivity contribution < 1.29 is 42.0 Å². The van der Waals surface area contributed by atoms with Gasteiger partial charge in [-0.05, 0) is 0 Å². The molecule has 19 heavy (non-hydrogen) atoms. The SMILES string of the molecule is CC(=O)N[C@H]1[C@@H](O)[C@H](O)[C@H](COS(=O)(=O)O)O[C@@H]1O. The van der Waals surface area contributed by atoms with Crippen LogP contribution < -0.4 is 5.32 Å². The Kier molecular flexibility index (Phi) is 5.20. The molecule has 0 radical (unpaired) electrons. The van der Waals surface area contributed by atoms with Crippen LogP contribution in [0.1, 0.15) is 6.92 Å². The van der Waals surface area contributed by atoms with E-state index in [0.29, 0.717) is 0 Å². The van der Waals surface area contributed by atoms with E-state index in [1.807, 2.05) is 0 Å². The third-order valence-electron chi connectivity index (χ3n) is 2.47. The number of hydrogen-bond acceptors (Lipinski definition) is 8. The van der Waals surface area contributed by atoms with Gasteiger partial charge >= 0.3 is 10.4 Å². The molecule has 1 heterocycles. The molecular formula is C8H15NO9S. The van der Waals surface area contributed by atoms with Crippen molar-refractivity contribution in [1.82, 2.24) is 5.32 Å². The first-order valence-corrected chi connectivity index (χ1v) is 6.57. The minimum atomic E-state index is -4.74. The summed E-state index contributed by atoms with van der Waals surface area (Å²) < 4.78 is 37.9. The Bertz CT molecular complexity index is 424. The van der Waals surface area contributed by atoms with E-state index in [-0.39, 0.29) is 0 Å². The third kappa shape index (κ3) is 4.65. The largest absolute Gasteiger partial charge is 0.397 e. The molecule has 5 N–H and O–H groups in total. The molecule has 1 fully saturated rings. The number of hydrogen-bond donors (Lipinski definition) is 5. The highest BCUT2D eigenvalue weighted by molar-refractivity contribution is 7.80. The van der Waals surface area contributed by atoms with Gasteiger partial charge in [0.1, 0.15) is 24.4 Å². The van der Waals surface area contributed by atoms with Crippen LogP contribution in [0.4, 0.5) is 0 Å². The highest BCUT2D eigenvalue weighted by atomic mass is 32.3. The second-order valence-corrected chi connectivity index (χ2v) is 5.08. The maximum absolute atomic E-state index is 10.8. The van der Waals surface area contributed by atoms with Gasteiger partial charge in [0.2, 0.25) is 5.91 Å². The molecule has 10 nitrogen and oxygen atoms in total. The summed E-state index contributed by atoms with van der Waals surface area (Å²) >= 11 is 0. The standard InChI is InChI=1S/C8H15NO9S/c1-3(10)9-5-7(12)6(11)4(18-8(5)13)2-17-19(14,15)16/h4-8,11-13H,2H2,1H3,(H,9,10)(H,14,15,16)/t4-,5-,6+,7+,8-/m0/s1. The van der Waals surface area contributed by atoms with E-state index in [1.54, 1.807) is 0 Å². The smallest absolute Gasteiger partial charge is 0.388 e. The van der Waals surface area contributed by atoms with Crippen LogP contribution in [0, 0.1) is 0 Å². The van der Waals surface area contributed by atoms with Gasteiger partial charge < -0.3 is 25.4 Å². The Morgan fingerprint density at radius 1 is 1.32 bits per heavy atom. The summed E-state index contributed by atoms with van der Waals surface area (Å²) in [6, 6.07) is -1.27. The Balaban J connectivity index is 2.69. The predicted octanol–water partition coefficient (Wildman–Crippen LogP) is -3.25. The van der Waals surface area contributed by atoms with Crippen molar-refractivity contribution in [2.24, 2.45) is 0 Å². The van der Waals surface area contributed by atoms with Crippen molar-refractivity contribution in [2.45, 2.75) is 37.6 Å². The fourth-order valence-corrected chi connectivity index (χ4v) is 1.93. The van der Waals surface area contributed by atoms with Gasteiger partial charge in [0.25, 0.3) is 0 Å². The molecule has 5 atom stereocenters. The maximum Gasteiger partial charge on any atom is 0.397 e. The van der Waals surface area contributed by atoms with E-state index in [0.717, 1.165) is 6.92 Å². The van der Waals surface area contributed by atoms with E-state index in [1.165, 1.54) is 0 Å². The van der Waals surface area contributed by atoms with E-state index in [9.17, 15) is 28.5 Å². The number of carbonyl (C=O) groups excluding carboxylic acids is 1. The van der Waals surface area contributed by atoms with Gasteiger partial charge in [-0.3, -0.25) is 9.35 Å². The molecule has 0 saturated carbocycles. The first kappa shape index (κ1) is 16.2. The zero-order chi connectivity index (χ0) is 14.8. The van der Waals surface area contributed by atoms with E-state index >= 15 is 0 Å². The second-order valence-electron chi connectivity index (χ2n) is 3.98. The monoisotopic (exact) mass is 301 g/mol. The molecule has 0 aliphatic carbocycles. The Morgan fingerprint density at radius 2 is 1.89 bits per heavy atom. The molecule has 1 saturated heterocycles. The van der Waals surface area contributed by atoms with Gasteiger partial charge in [-0.25, -0.2) is 4.18 Å².